The summed E-state index contributed by atoms with van der Waals surface area (Å²) in [6.07, 6.45) is 1.90. The van der Waals surface area contributed by atoms with E-state index in [1.54, 1.807) is 11.3 Å². The van der Waals surface area contributed by atoms with Crippen molar-refractivity contribution >= 4 is 17.3 Å². The summed E-state index contributed by atoms with van der Waals surface area (Å²) in [6, 6.07) is 0.677. The molecule has 1 unspecified atom stereocenters. The minimum absolute atomic E-state index is 0.294. The SMILES string of the molecule is CC(C)N1C(N)=NCC1c1cncs1. The summed E-state index contributed by atoms with van der Waals surface area (Å²) in [6.45, 7) is 5.01. The van der Waals surface area contributed by atoms with Crippen molar-refractivity contribution in [2.75, 3.05) is 6.54 Å². The largest absolute Gasteiger partial charge is 0.370 e. The smallest absolute Gasteiger partial charge is 0.192 e. The van der Waals surface area contributed by atoms with Crippen LogP contribution in [0.5, 0.6) is 0 Å². The molecule has 2 heterocycles. The van der Waals surface area contributed by atoms with Gasteiger partial charge in [-0.05, 0) is 13.8 Å². The molecule has 1 aliphatic rings. The molecule has 2 rings (SSSR count). The van der Waals surface area contributed by atoms with Crippen molar-refractivity contribution in [1.29, 1.82) is 0 Å². The number of aliphatic imine (C=N–C) groups is 1. The van der Waals surface area contributed by atoms with Crippen LogP contribution in [0.15, 0.2) is 16.7 Å². The molecular weight excluding hydrogens is 196 g/mol. The molecule has 4 nitrogen and oxygen atoms in total. The lowest BCUT2D eigenvalue weighted by Gasteiger charge is -2.29. The second-order valence-electron chi connectivity index (χ2n) is 3.62. The summed E-state index contributed by atoms with van der Waals surface area (Å²) in [5, 5.41) is 0. The first-order valence-corrected chi connectivity index (χ1v) is 5.54. The van der Waals surface area contributed by atoms with Gasteiger partial charge in [-0.25, -0.2) is 0 Å². The number of nitrogens with two attached hydrogens (primary N) is 1. The molecule has 0 aliphatic carbocycles. The van der Waals surface area contributed by atoms with E-state index in [-0.39, 0.29) is 0 Å². The van der Waals surface area contributed by atoms with Crippen molar-refractivity contribution in [3.63, 3.8) is 0 Å². The Balaban J connectivity index is 2.23. The lowest BCUT2D eigenvalue weighted by Crippen LogP contribution is -2.40. The Bertz CT molecular complexity index is 331. The fourth-order valence-corrected chi connectivity index (χ4v) is 2.46. The van der Waals surface area contributed by atoms with Gasteiger partial charge in [0.1, 0.15) is 0 Å². The normalized spacial score (nSPS) is 21.8. The van der Waals surface area contributed by atoms with Crippen molar-refractivity contribution in [3.05, 3.63) is 16.6 Å². The topological polar surface area (TPSA) is 54.5 Å². The Morgan fingerprint density at radius 1 is 1.64 bits per heavy atom. The van der Waals surface area contributed by atoms with Gasteiger partial charge in [-0.2, -0.15) is 0 Å². The number of aromatic nitrogens is 1. The van der Waals surface area contributed by atoms with E-state index in [0.29, 0.717) is 18.0 Å². The molecule has 76 valence electrons. The number of hydrogen-bond donors (Lipinski definition) is 1. The second-order valence-corrected chi connectivity index (χ2v) is 4.54. The average Bonchev–Trinajstić information content (AvgIpc) is 2.70. The van der Waals surface area contributed by atoms with Crippen LogP contribution in [0.4, 0.5) is 0 Å². The number of rotatable bonds is 2. The van der Waals surface area contributed by atoms with E-state index in [4.69, 9.17) is 5.73 Å². The summed E-state index contributed by atoms with van der Waals surface area (Å²) in [7, 11) is 0. The van der Waals surface area contributed by atoms with E-state index in [0.717, 1.165) is 6.54 Å². The van der Waals surface area contributed by atoms with E-state index in [9.17, 15) is 0 Å². The number of guanidine groups is 1. The van der Waals surface area contributed by atoms with Gasteiger partial charge in [0.2, 0.25) is 0 Å². The summed E-state index contributed by atoms with van der Waals surface area (Å²) in [5.74, 6) is 0.651. The molecule has 1 aliphatic heterocycles. The summed E-state index contributed by atoms with van der Waals surface area (Å²) in [5.41, 5.74) is 7.69. The molecule has 1 atom stereocenters. The zero-order valence-electron chi connectivity index (χ0n) is 8.34. The molecule has 5 heteroatoms. The first-order valence-electron chi connectivity index (χ1n) is 4.67. The minimum Gasteiger partial charge on any atom is -0.370 e. The highest BCUT2D eigenvalue weighted by molar-refractivity contribution is 7.09. The minimum atomic E-state index is 0.294. The van der Waals surface area contributed by atoms with Crippen LogP contribution in [0.1, 0.15) is 24.8 Å². The first kappa shape index (κ1) is 9.45. The summed E-state index contributed by atoms with van der Waals surface area (Å²) < 4.78 is 0. The lowest BCUT2D eigenvalue weighted by atomic mass is 10.2. The standard InChI is InChI=1S/C9H14N4S/c1-6(2)13-7(3-12-9(13)10)8-4-11-5-14-8/h4-7H,3H2,1-2H3,(H2,10,12). The van der Waals surface area contributed by atoms with Crippen LogP contribution in [0.3, 0.4) is 0 Å². The first-order chi connectivity index (χ1) is 6.70. The molecule has 14 heavy (non-hydrogen) atoms. The molecule has 0 amide bonds. The zero-order chi connectivity index (χ0) is 10.1. The number of nitrogens with zero attached hydrogens (tertiary/aromatic N) is 3. The Hall–Kier alpha value is -1.10. The van der Waals surface area contributed by atoms with Gasteiger partial charge in [-0.15, -0.1) is 11.3 Å². The molecule has 2 N–H and O–H groups in total. The highest BCUT2D eigenvalue weighted by atomic mass is 32.1. The summed E-state index contributed by atoms with van der Waals surface area (Å²) >= 11 is 1.66. The van der Waals surface area contributed by atoms with Gasteiger partial charge in [-0.3, -0.25) is 9.98 Å². The van der Waals surface area contributed by atoms with Gasteiger partial charge in [0.15, 0.2) is 5.96 Å². The highest BCUT2D eigenvalue weighted by Crippen LogP contribution is 2.29. The van der Waals surface area contributed by atoms with E-state index < -0.39 is 0 Å². The van der Waals surface area contributed by atoms with Crippen LogP contribution in [0.2, 0.25) is 0 Å². The Kier molecular flexibility index (Phi) is 2.41. The monoisotopic (exact) mass is 210 g/mol. The predicted molar refractivity (Wildman–Crippen MR) is 58.3 cm³/mol. The quantitative estimate of drug-likeness (QED) is 0.798. The number of hydrogen-bond acceptors (Lipinski definition) is 5. The third-order valence-corrected chi connectivity index (χ3v) is 3.24. The van der Waals surface area contributed by atoms with Gasteiger partial charge >= 0.3 is 0 Å². The average molecular weight is 210 g/mol. The third-order valence-electron chi connectivity index (χ3n) is 2.36. The van der Waals surface area contributed by atoms with Gasteiger partial charge < -0.3 is 10.6 Å². The van der Waals surface area contributed by atoms with Crippen molar-refractivity contribution in [2.24, 2.45) is 10.7 Å². The van der Waals surface area contributed by atoms with E-state index in [1.165, 1.54) is 4.88 Å². The number of thiazole rings is 1. The molecule has 1 aromatic heterocycles. The van der Waals surface area contributed by atoms with Crippen LogP contribution < -0.4 is 5.73 Å². The van der Waals surface area contributed by atoms with Crippen molar-refractivity contribution < 1.29 is 0 Å². The Morgan fingerprint density at radius 3 is 3.00 bits per heavy atom. The molecule has 1 aromatic rings. The van der Waals surface area contributed by atoms with Crippen molar-refractivity contribution in [1.82, 2.24) is 9.88 Å². The molecular formula is C9H14N4S. The molecule has 0 radical (unpaired) electrons. The van der Waals surface area contributed by atoms with Gasteiger partial charge in [0.05, 0.1) is 18.1 Å². The lowest BCUT2D eigenvalue weighted by molar-refractivity contribution is 0.293. The van der Waals surface area contributed by atoms with Crippen molar-refractivity contribution in [2.45, 2.75) is 25.9 Å². The fraction of sp³-hybridized carbons (Fsp3) is 0.556. The predicted octanol–water partition coefficient (Wildman–Crippen LogP) is 1.22. The van der Waals surface area contributed by atoms with Crippen LogP contribution in [0, 0.1) is 0 Å². The zero-order valence-corrected chi connectivity index (χ0v) is 9.16. The van der Waals surface area contributed by atoms with Crippen molar-refractivity contribution in [3.8, 4) is 0 Å². The Labute approximate surface area is 87.5 Å². The van der Waals surface area contributed by atoms with Crippen LogP contribution >= 0.6 is 11.3 Å². The maximum absolute atomic E-state index is 5.84. The molecule has 0 fully saturated rings. The van der Waals surface area contributed by atoms with Crippen LogP contribution in [-0.2, 0) is 0 Å². The molecule has 0 spiro atoms. The fourth-order valence-electron chi connectivity index (χ4n) is 1.75. The van der Waals surface area contributed by atoms with Gasteiger partial charge in [0.25, 0.3) is 0 Å². The maximum Gasteiger partial charge on any atom is 0.192 e. The summed E-state index contributed by atoms with van der Waals surface area (Å²) in [4.78, 5) is 11.7. The molecule has 0 aromatic carbocycles. The highest BCUT2D eigenvalue weighted by Gasteiger charge is 2.30. The molecule has 0 saturated carbocycles. The van der Waals surface area contributed by atoms with Gasteiger partial charge in [0, 0.05) is 17.1 Å². The second kappa shape index (κ2) is 3.57. The Morgan fingerprint density at radius 2 is 2.43 bits per heavy atom. The van der Waals surface area contributed by atoms with E-state index >= 15 is 0 Å². The third kappa shape index (κ3) is 1.48. The van der Waals surface area contributed by atoms with Crippen LogP contribution in [-0.4, -0.2) is 28.4 Å². The van der Waals surface area contributed by atoms with Gasteiger partial charge in [-0.1, -0.05) is 0 Å². The molecule has 0 bridgehead atoms. The van der Waals surface area contributed by atoms with E-state index in [1.807, 2.05) is 11.7 Å². The van der Waals surface area contributed by atoms with Crippen LogP contribution in [0.25, 0.3) is 0 Å². The molecule has 0 saturated heterocycles. The van der Waals surface area contributed by atoms with E-state index in [2.05, 4.69) is 28.7 Å². The maximum atomic E-state index is 5.84.